The standard InChI is InChI=1S/C15H15N5O/c1-10-6-3-4-7-11(10)16-18-14-13(17-19-15(14)21)12-8-5-9-20(12)2/h3-9H,1-2H3,(H2,17,19,21). The van der Waals surface area contributed by atoms with Crippen LogP contribution < -0.4 is 5.56 Å². The molecule has 2 aromatic heterocycles. The zero-order valence-electron chi connectivity index (χ0n) is 11.8. The van der Waals surface area contributed by atoms with E-state index in [1.54, 1.807) is 0 Å². The second-order valence-electron chi connectivity index (χ2n) is 4.79. The summed E-state index contributed by atoms with van der Waals surface area (Å²) >= 11 is 0. The van der Waals surface area contributed by atoms with Gasteiger partial charge in [-0.05, 0) is 30.7 Å². The number of nitrogens with one attached hydrogen (secondary N) is 2. The monoisotopic (exact) mass is 281 g/mol. The largest absolute Gasteiger partial charge is 0.349 e. The Labute approximate surface area is 121 Å². The predicted molar refractivity (Wildman–Crippen MR) is 81.2 cm³/mol. The van der Waals surface area contributed by atoms with Gasteiger partial charge in [0.1, 0.15) is 5.69 Å². The summed E-state index contributed by atoms with van der Waals surface area (Å²) in [5.74, 6) is 0. The van der Waals surface area contributed by atoms with Crippen molar-refractivity contribution in [3.8, 4) is 11.4 Å². The van der Waals surface area contributed by atoms with E-state index >= 15 is 0 Å². The highest BCUT2D eigenvalue weighted by atomic mass is 16.1. The van der Waals surface area contributed by atoms with E-state index in [0.29, 0.717) is 5.69 Å². The zero-order chi connectivity index (χ0) is 14.8. The quantitative estimate of drug-likeness (QED) is 0.709. The predicted octanol–water partition coefficient (Wildman–Crippen LogP) is 3.43. The highest BCUT2D eigenvalue weighted by molar-refractivity contribution is 5.68. The normalized spacial score (nSPS) is 11.3. The van der Waals surface area contributed by atoms with Crippen LogP contribution in [0.2, 0.25) is 0 Å². The molecule has 6 nitrogen and oxygen atoms in total. The minimum absolute atomic E-state index is 0.278. The van der Waals surface area contributed by atoms with Crippen molar-refractivity contribution in [1.29, 1.82) is 0 Å². The molecule has 0 bridgehead atoms. The van der Waals surface area contributed by atoms with E-state index in [1.165, 1.54) is 0 Å². The van der Waals surface area contributed by atoms with E-state index in [1.807, 2.05) is 61.1 Å². The molecule has 1 aromatic carbocycles. The van der Waals surface area contributed by atoms with Crippen molar-refractivity contribution in [2.24, 2.45) is 17.3 Å². The average molecular weight is 281 g/mol. The maximum Gasteiger partial charge on any atom is 0.292 e. The molecule has 3 aromatic rings. The first kappa shape index (κ1) is 13.1. The third-order valence-corrected chi connectivity index (χ3v) is 3.33. The summed E-state index contributed by atoms with van der Waals surface area (Å²) in [7, 11) is 1.91. The molecule has 0 saturated heterocycles. The molecule has 0 saturated carbocycles. The Hall–Kier alpha value is -2.89. The first-order valence-electron chi connectivity index (χ1n) is 6.56. The summed E-state index contributed by atoms with van der Waals surface area (Å²) in [4.78, 5) is 11.9. The second kappa shape index (κ2) is 5.24. The highest BCUT2D eigenvalue weighted by Gasteiger charge is 2.13. The Morgan fingerprint density at radius 1 is 1.05 bits per heavy atom. The SMILES string of the molecule is Cc1ccccc1N=Nc1c(-c2cccn2C)[nH][nH]c1=O. The lowest BCUT2D eigenvalue weighted by atomic mass is 10.2. The molecule has 0 amide bonds. The molecule has 0 aliphatic rings. The van der Waals surface area contributed by atoms with E-state index in [9.17, 15) is 4.79 Å². The number of aromatic nitrogens is 3. The smallest absolute Gasteiger partial charge is 0.292 e. The van der Waals surface area contributed by atoms with E-state index in [-0.39, 0.29) is 11.2 Å². The number of nitrogens with zero attached hydrogens (tertiary/aromatic N) is 3. The molecule has 0 fully saturated rings. The summed E-state index contributed by atoms with van der Waals surface area (Å²) in [5, 5.41) is 13.7. The van der Waals surface area contributed by atoms with Gasteiger partial charge in [-0.15, -0.1) is 5.11 Å². The molecule has 0 atom stereocenters. The number of aromatic amines is 2. The third-order valence-electron chi connectivity index (χ3n) is 3.33. The van der Waals surface area contributed by atoms with Crippen molar-refractivity contribution in [2.75, 3.05) is 0 Å². The minimum atomic E-state index is -0.288. The molecule has 2 N–H and O–H groups in total. The summed E-state index contributed by atoms with van der Waals surface area (Å²) in [6, 6.07) is 11.5. The number of hydrogen-bond donors (Lipinski definition) is 2. The Morgan fingerprint density at radius 3 is 2.57 bits per heavy atom. The van der Waals surface area contributed by atoms with E-state index in [2.05, 4.69) is 20.4 Å². The Morgan fingerprint density at radius 2 is 1.86 bits per heavy atom. The van der Waals surface area contributed by atoms with Gasteiger partial charge in [0, 0.05) is 13.2 Å². The molecule has 2 heterocycles. The topological polar surface area (TPSA) is 78.3 Å². The van der Waals surface area contributed by atoms with Gasteiger partial charge < -0.3 is 4.57 Å². The first-order valence-corrected chi connectivity index (χ1v) is 6.56. The molecule has 0 spiro atoms. The molecule has 106 valence electrons. The summed E-state index contributed by atoms with van der Waals surface area (Å²) < 4.78 is 1.91. The van der Waals surface area contributed by atoms with Gasteiger partial charge in [0.05, 0.1) is 11.4 Å². The van der Waals surface area contributed by atoms with Crippen LogP contribution in [-0.2, 0) is 7.05 Å². The molecular weight excluding hydrogens is 266 g/mol. The van der Waals surface area contributed by atoms with Crippen LogP contribution in [0.5, 0.6) is 0 Å². The summed E-state index contributed by atoms with van der Waals surface area (Å²) in [6.45, 7) is 1.95. The molecule has 6 heteroatoms. The van der Waals surface area contributed by atoms with Crippen molar-refractivity contribution in [1.82, 2.24) is 14.8 Å². The van der Waals surface area contributed by atoms with Gasteiger partial charge in [-0.3, -0.25) is 15.0 Å². The van der Waals surface area contributed by atoms with Gasteiger partial charge >= 0.3 is 0 Å². The molecule has 3 rings (SSSR count). The number of H-pyrrole nitrogens is 2. The zero-order valence-corrected chi connectivity index (χ0v) is 11.8. The van der Waals surface area contributed by atoms with Crippen LogP contribution in [0.4, 0.5) is 11.4 Å². The van der Waals surface area contributed by atoms with Crippen molar-refractivity contribution < 1.29 is 0 Å². The molecule has 0 aliphatic carbocycles. The fourth-order valence-corrected chi connectivity index (χ4v) is 2.13. The van der Waals surface area contributed by atoms with Crippen LogP contribution in [0.15, 0.2) is 57.6 Å². The molecular formula is C15H15N5O. The van der Waals surface area contributed by atoms with Crippen LogP contribution in [-0.4, -0.2) is 14.8 Å². The van der Waals surface area contributed by atoms with Crippen LogP contribution in [0.1, 0.15) is 5.56 Å². The number of aryl methyl sites for hydroxylation is 2. The van der Waals surface area contributed by atoms with Crippen LogP contribution in [0.25, 0.3) is 11.4 Å². The molecule has 0 radical (unpaired) electrons. The lowest BCUT2D eigenvalue weighted by Crippen LogP contribution is -1.96. The van der Waals surface area contributed by atoms with E-state index in [0.717, 1.165) is 16.9 Å². The van der Waals surface area contributed by atoms with E-state index < -0.39 is 0 Å². The average Bonchev–Trinajstić information content (AvgIpc) is 3.04. The van der Waals surface area contributed by atoms with Crippen molar-refractivity contribution >= 4 is 11.4 Å². The molecule has 0 unspecified atom stereocenters. The summed E-state index contributed by atoms with van der Waals surface area (Å²) in [5.41, 5.74) is 3.24. The Bertz CT molecular complexity index is 853. The van der Waals surface area contributed by atoms with Gasteiger partial charge in [0.15, 0.2) is 5.69 Å². The Kier molecular flexibility index (Phi) is 3.27. The summed E-state index contributed by atoms with van der Waals surface area (Å²) in [6.07, 6.45) is 1.91. The van der Waals surface area contributed by atoms with Gasteiger partial charge in [0.2, 0.25) is 0 Å². The minimum Gasteiger partial charge on any atom is -0.349 e. The van der Waals surface area contributed by atoms with Crippen molar-refractivity contribution in [2.45, 2.75) is 6.92 Å². The fraction of sp³-hybridized carbons (Fsp3) is 0.133. The van der Waals surface area contributed by atoms with Crippen LogP contribution in [0, 0.1) is 6.92 Å². The van der Waals surface area contributed by atoms with Crippen molar-refractivity contribution in [3.63, 3.8) is 0 Å². The van der Waals surface area contributed by atoms with Crippen molar-refractivity contribution in [3.05, 3.63) is 58.5 Å². The third kappa shape index (κ3) is 2.43. The molecule has 0 aliphatic heterocycles. The number of benzene rings is 1. The van der Waals surface area contributed by atoms with Gasteiger partial charge in [-0.2, -0.15) is 5.11 Å². The van der Waals surface area contributed by atoms with E-state index in [4.69, 9.17) is 0 Å². The molecule has 21 heavy (non-hydrogen) atoms. The fourth-order valence-electron chi connectivity index (χ4n) is 2.13. The van der Waals surface area contributed by atoms with Gasteiger partial charge in [-0.1, -0.05) is 18.2 Å². The lowest BCUT2D eigenvalue weighted by molar-refractivity contribution is 0.925. The number of hydrogen-bond acceptors (Lipinski definition) is 3. The second-order valence-corrected chi connectivity index (χ2v) is 4.79. The number of azo groups is 1. The lowest BCUT2D eigenvalue weighted by Gasteiger charge is -2.01. The first-order chi connectivity index (χ1) is 10.2. The van der Waals surface area contributed by atoms with Crippen LogP contribution >= 0.6 is 0 Å². The van der Waals surface area contributed by atoms with Gasteiger partial charge in [0.25, 0.3) is 5.56 Å². The maximum absolute atomic E-state index is 11.9. The Balaban J connectivity index is 2.04. The maximum atomic E-state index is 11.9. The van der Waals surface area contributed by atoms with Crippen LogP contribution in [0.3, 0.4) is 0 Å². The number of rotatable bonds is 3. The van der Waals surface area contributed by atoms with Gasteiger partial charge in [-0.25, -0.2) is 0 Å². The highest BCUT2D eigenvalue weighted by Crippen LogP contribution is 2.27.